The zero-order chi connectivity index (χ0) is 25.2. The number of amides is 1. The lowest BCUT2D eigenvalue weighted by Crippen LogP contribution is -2.61. The molecule has 3 heterocycles. The molecule has 3 aliphatic rings. The van der Waals surface area contributed by atoms with E-state index in [1.54, 1.807) is 23.1 Å². The summed E-state index contributed by atoms with van der Waals surface area (Å²) in [5, 5.41) is 2.69. The van der Waals surface area contributed by atoms with Gasteiger partial charge in [-0.25, -0.2) is 4.39 Å². The fourth-order valence-corrected chi connectivity index (χ4v) is 5.59. The van der Waals surface area contributed by atoms with Gasteiger partial charge in [-0.05, 0) is 41.1 Å². The van der Waals surface area contributed by atoms with Gasteiger partial charge in [0, 0.05) is 12.0 Å². The number of carbonyl (C=O) groups is 1. The van der Waals surface area contributed by atoms with Crippen LogP contribution in [0.2, 0.25) is 10.0 Å². The zero-order valence-corrected chi connectivity index (χ0v) is 20.5. The molecule has 5 rings (SSSR count). The van der Waals surface area contributed by atoms with Crippen molar-refractivity contribution in [1.29, 1.82) is 0 Å². The molecule has 0 radical (unpaired) electrons. The summed E-state index contributed by atoms with van der Waals surface area (Å²) in [6.45, 7) is 1.11. The Balaban J connectivity index is 1.44. The third-order valence-electron chi connectivity index (χ3n) is 6.59. The molecular weight excluding hydrogens is 531 g/mol. The van der Waals surface area contributed by atoms with Gasteiger partial charge in [0.2, 0.25) is 5.91 Å². The van der Waals surface area contributed by atoms with Crippen LogP contribution < -0.4 is 0 Å². The number of ether oxygens (including phenoxy) is 1. The van der Waals surface area contributed by atoms with Gasteiger partial charge in [0.1, 0.15) is 5.60 Å². The first-order chi connectivity index (χ1) is 16.5. The topological polar surface area (TPSA) is 51.1 Å². The van der Waals surface area contributed by atoms with Crippen molar-refractivity contribution in [3.8, 4) is 0 Å². The first-order valence-electron chi connectivity index (χ1n) is 10.5. The minimum Gasteiger partial charge on any atom is -0.374 e. The SMILES string of the molecule is CSCC(=O)N1CC2(C1)OCc1ccc(C3=NOC(c4cc(Cl)c(F)c(Cl)c4)(C(F)(F)F)C3)cc12. The number of alkyl halides is 3. The normalized spacial score (nSPS) is 22.6. The Morgan fingerprint density at radius 3 is 2.51 bits per heavy atom. The van der Waals surface area contributed by atoms with Crippen LogP contribution >= 0.6 is 35.0 Å². The maximum absolute atomic E-state index is 14.3. The summed E-state index contributed by atoms with van der Waals surface area (Å²) in [5.74, 6) is -0.631. The Kier molecular flexibility index (Phi) is 6.02. The fourth-order valence-electron chi connectivity index (χ4n) is 4.67. The van der Waals surface area contributed by atoms with Crippen molar-refractivity contribution in [3.63, 3.8) is 0 Å². The first kappa shape index (κ1) is 24.7. The average Bonchev–Trinajstić information content (AvgIpc) is 3.39. The number of halogens is 6. The van der Waals surface area contributed by atoms with Crippen molar-refractivity contribution in [3.05, 3.63) is 68.4 Å². The van der Waals surface area contributed by atoms with Gasteiger partial charge in [-0.15, -0.1) is 0 Å². The number of carbonyl (C=O) groups excluding carboxylic acids is 1. The lowest BCUT2D eigenvalue weighted by Gasteiger charge is -2.47. The summed E-state index contributed by atoms with van der Waals surface area (Å²) in [6, 6.07) is 6.91. The van der Waals surface area contributed by atoms with Gasteiger partial charge >= 0.3 is 6.18 Å². The molecule has 3 aliphatic heterocycles. The number of hydrogen-bond donors (Lipinski definition) is 0. The van der Waals surface area contributed by atoms with Crippen LogP contribution in [0.5, 0.6) is 0 Å². The smallest absolute Gasteiger partial charge is 0.374 e. The lowest BCUT2D eigenvalue weighted by atomic mass is 9.82. The minimum atomic E-state index is -4.89. The van der Waals surface area contributed by atoms with E-state index in [-0.39, 0.29) is 11.6 Å². The fraction of sp³-hybridized carbons (Fsp3) is 0.391. The van der Waals surface area contributed by atoms with Crippen LogP contribution in [0, 0.1) is 5.82 Å². The molecule has 0 aromatic heterocycles. The number of likely N-dealkylation sites (tertiary alicyclic amines) is 1. The highest BCUT2D eigenvalue weighted by atomic mass is 35.5. The molecule has 1 amide bonds. The average molecular weight is 549 g/mol. The van der Waals surface area contributed by atoms with E-state index in [1.165, 1.54) is 11.8 Å². The molecule has 0 aliphatic carbocycles. The summed E-state index contributed by atoms with van der Waals surface area (Å²) >= 11 is 13.0. The second-order valence-electron chi connectivity index (χ2n) is 8.72. The van der Waals surface area contributed by atoms with Gasteiger partial charge < -0.3 is 14.5 Å². The van der Waals surface area contributed by atoms with Crippen LogP contribution in [-0.4, -0.2) is 47.8 Å². The van der Waals surface area contributed by atoms with Gasteiger partial charge in [0.05, 0.1) is 41.2 Å². The summed E-state index contributed by atoms with van der Waals surface area (Å²) < 4.78 is 62.8. The van der Waals surface area contributed by atoms with Crippen LogP contribution in [0.3, 0.4) is 0 Å². The van der Waals surface area contributed by atoms with Crippen molar-refractivity contribution in [2.75, 3.05) is 25.1 Å². The molecule has 0 N–H and O–H groups in total. The Morgan fingerprint density at radius 2 is 1.89 bits per heavy atom. The summed E-state index contributed by atoms with van der Waals surface area (Å²) in [4.78, 5) is 18.9. The third-order valence-corrected chi connectivity index (χ3v) is 7.67. The van der Waals surface area contributed by atoms with E-state index in [9.17, 15) is 22.4 Å². The van der Waals surface area contributed by atoms with Gasteiger partial charge in [-0.1, -0.05) is 40.5 Å². The number of hydrogen-bond acceptors (Lipinski definition) is 5. The van der Waals surface area contributed by atoms with E-state index in [4.69, 9.17) is 32.8 Å². The molecule has 12 heteroatoms. The maximum Gasteiger partial charge on any atom is 0.435 e. The van der Waals surface area contributed by atoms with Gasteiger partial charge in [0.25, 0.3) is 5.60 Å². The van der Waals surface area contributed by atoms with Crippen molar-refractivity contribution in [2.45, 2.75) is 30.4 Å². The summed E-state index contributed by atoms with van der Waals surface area (Å²) in [7, 11) is 0. The minimum absolute atomic E-state index is 0.0106. The number of rotatable bonds is 4. The molecule has 1 unspecified atom stereocenters. The molecule has 186 valence electrons. The van der Waals surface area contributed by atoms with Crippen LogP contribution in [-0.2, 0) is 32.2 Å². The molecular formula is C23H18Cl2F4N2O3S. The van der Waals surface area contributed by atoms with Crippen molar-refractivity contribution < 1.29 is 31.9 Å². The highest BCUT2D eigenvalue weighted by Gasteiger charge is 2.62. The predicted molar refractivity (Wildman–Crippen MR) is 124 cm³/mol. The molecule has 1 saturated heterocycles. The standard InChI is InChI=1S/C23H18Cl2F4N2O3S/c1-35-9-19(32)31-10-21(11-31)15-4-12(2-3-13(15)8-33-21)18-7-22(34-30-18,23(27,28)29)14-5-16(24)20(26)17(25)6-14/h2-6H,7-11H2,1H3. The molecule has 1 atom stereocenters. The maximum atomic E-state index is 14.3. The van der Waals surface area contributed by atoms with Crippen LogP contribution in [0.25, 0.3) is 0 Å². The Labute approximate surface area is 212 Å². The first-order valence-corrected chi connectivity index (χ1v) is 12.7. The Hall–Kier alpha value is -2.01. The molecule has 0 bridgehead atoms. The molecule has 0 saturated carbocycles. The second-order valence-corrected chi connectivity index (χ2v) is 10.4. The highest BCUT2D eigenvalue weighted by Crippen LogP contribution is 2.51. The van der Waals surface area contributed by atoms with Crippen LogP contribution in [0.15, 0.2) is 35.5 Å². The van der Waals surface area contributed by atoms with Crippen molar-refractivity contribution in [1.82, 2.24) is 4.90 Å². The van der Waals surface area contributed by atoms with Gasteiger partial charge in [0.15, 0.2) is 5.82 Å². The van der Waals surface area contributed by atoms with Crippen molar-refractivity contribution >= 4 is 46.6 Å². The Morgan fingerprint density at radius 1 is 1.20 bits per heavy atom. The molecule has 1 spiro atoms. The lowest BCUT2D eigenvalue weighted by molar-refractivity contribution is -0.275. The van der Waals surface area contributed by atoms with E-state index in [1.807, 2.05) is 6.26 Å². The number of oxime groups is 1. The van der Waals surface area contributed by atoms with E-state index >= 15 is 0 Å². The number of nitrogens with zero attached hydrogens (tertiary/aromatic N) is 2. The molecule has 35 heavy (non-hydrogen) atoms. The van der Waals surface area contributed by atoms with Crippen LogP contribution in [0.4, 0.5) is 17.6 Å². The van der Waals surface area contributed by atoms with Gasteiger partial charge in [-0.3, -0.25) is 4.79 Å². The molecule has 1 fully saturated rings. The quantitative estimate of drug-likeness (QED) is 0.366. The zero-order valence-electron chi connectivity index (χ0n) is 18.2. The van der Waals surface area contributed by atoms with E-state index in [0.29, 0.717) is 31.0 Å². The summed E-state index contributed by atoms with van der Waals surface area (Å²) in [5.41, 5.74) is -1.76. The number of fused-ring (bicyclic) bond motifs is 2. The molecule has 5 nitrogen and oxygen atoms in total. The predicted octanol–water partition coefficient (Wildman–Crippen LogP) is 5.65. The summed E-state index contributed by atoms with van der Waals surface area (Å²) in [6.07, 6.45) is -3.70. The second kappa shape index (κ2) is 8.54. The number of benzene rings is 2. The molecule has 2 aromatic rings. The highest BCUT2D eigenvalue weighted by molar-refractivity contribution is 7.99. The monoisotopic (exact) mass is 548 g/mol. The van der Waals surface area contributed by atoms with Gasteiger partial charge in [-0.2, -0.15) is 24.9 Å². The third kappa shape index (κ3) is 3.89. The van der Waals surface area contributed by atoms with E-state index in [0.717, 1.165) is 23.3 Å². The van der Waals surface area contributed by atoms with Crippen LogP contribution in [0.1, 0.15) is 28.7 Å². The largest absolute Gasteiger partial charge is 0.435 e. The van der Waals surface area contributed by atoms with E-state index < -0.39 is 45.2 Å². The van der Waals surface area contributed by atoms with Crippen molar-refractivity contribution in [2.24, 2.45) is 5.16 Å². The van der Waals surface area contributed by atoms with E-state index in [2.05, 4.69) is 5.16 Å². The number of thioether (sulfide) groups is 1. The Bertz CT molecular complexity index is 1230. The molecule has 2 aromatic carbocycles.